The number of anilines is 1. The number of aromatic amines is 2. The summed E-state index contributed by atoms with van der Waals surface area (Å²) in [7, 11) is 0. The monoisotopic (exact) mass is 319 g/mol. The highest BCUT2D eigenvalue weighted by Crippen LogP contribution is 2.33. The topological polar surface area (TPSA) is 95.2 Å². The van der Waals surface area contributed by atoms with Crippen LogP contribution in [0.4, 0.5) is 5.82 Å². The minimum Gasteiger partial charge on any atom is -0.369 e. The third kappa shape index (κ3) is 2.50. The molecule has 0 aliphatic rings. The molecule has 3 aromatic heterocycles. The van der Waals surface area contributed by atoms with Crippen LogP contribution in [0.25, 0.3) is 33.3 Å². The smallest absolute Gasteiger partial charge is 0.148 e. The largest absolute Gasteiger partial charge is 0.369 e. The van der Waals surface area contributed by atoms with Crippen LogP contribution in [0.5, 0.6) is 0 Å². The Kier molecular flexibility index (Phi) is 3.66. The summed E-state index contributed by atoms with van der Waals surface area (Å²) in [5.74, 6) is 0.788. The molecule has 0 atom stereocenters. The minimum absolute atomic E-state index is 0.788. The van der Waals surface area contributed by atoms with Gasteiger partial charge in [0.15, 0.2) is 0 Å². The number of hydrogen-bond donors (Lipinski definition) is 3. The van der Waals surface area contributed by atoms with E-state index in [1.165, 1.54) is 0 Å². The molecule has 0 aliphatic heterocycles. The molecule has 3 N–H and O–H groups in total. The van der Waals surface area contributed by atoms with E-state index in [1.54, 1.807) is 6.20 Å². The van der Waals surface area contributed by atoms with E-state index in [-0.39, 0.29) is 0 Å². The highest BCUT2D eigenvalue weighted by atomic mass is 15.2. The van der Waals surface area contributed by atoms with Crippen molar-refractivity contribution in [3.05, 3.63) is 42.9 Å². The first-order valence-corrected chi connectivity index (χ1v) is 7.90. The zero-order chi connectivity index (χ0) is 16.4. The first kappa shape index (κ1) is 14.4. The van der Waals surface area contributed by atoms with Crippen LogP contribution in [-0.2, 0) is 0 Å². The molecule has 0 bridgehead atoms. The van der Waals surface area contributed by atoms with Crippen molar-refractivity contribution >= 4 is 16.7 Å². The van der Waals surface area contributed by atoms with Gasteiger partial charge >= 0.3 is 0 Å². The number of fused-ring (bicyclic) bond motifs is 1. The van der Waals surface area contributed by atoms with Crippen molar-refractivity contribution in [2.45, 2.75) is 13.3 Å². The molecule has 0 saturated carbocycles. The van der Waals surface area contributed by atoms with Gasteiger partial charge in [0, 0.05) is 29.3 Å². The predicted molar refractivity (Wildman–Crippen MR) is 93.5 cm³/mol. The Morgan fingerprint density at radius 3 is 2.67 bits per heavy atom. The molecule has 7 nitrogen and oxygen atoms in total. The van der Waals surface area contributed by atoms with Crippen LogP contribution in [0.2, 0.25) is 0 Å². The molecule has 0 saturated heterocycles. The number of benzene rings is 1. The summed E-state index contributed by atoms with van der Waals surface area (Å²) in [5, 5.41) is 27.0. The lowest BCUT2D eigenvalue weighted by molar-refractivity contribution is 0.946. The normalized spacial score (nSPS) is 11.0. The van der Waals surface area contributed by atoms with E-state index in [1.807, 2.05) is 30.6 Å². The second-order valence-corrected chi connectivity index (χ2v) is 5.54. The standard InChI is InChI=1S/C17H17N7/c1-2-7-18-16-6-5-15(22-23-16)13-4-3-12(11-8-19-20-9-11)14-10-21-24-17(13)14/h3-6,8-10H,2,7H2,1H3,(H,18,23)(H,19,20)(H,21,24). The summed E-state index contributed by atoms with van der Waals surface area (Å²) in [6.45, 7) is 3.00. The molecule has 0 radical (unpaired) electrons. The van der Waals surface area contributed by atoms with E-state index in [4.69, 9.17) is 0 Å². The second kappa shape index (κ2) is 6.11. The maximum Gasteiger partial charge on any atom is 0.148 e. The molecular weight excluding hydrogens is 302 g/mol. The molecule has 3 heterocycles. The predicted octanol–water partition coefficient (Wildman–Crippen LogP) is 3.23. The summed E-state index contributed by atoms with van der Waals surface area (Å²) >= 11 is 0. The number of nitrogens with one attached hydrogen (secondary N) is 3. The van der Waals surface area contributed by atoms with Gasteiger partial charge in [-0.05, 0) is 30.2 Å². The zero-order valence-electron chi connectivity index (χ0n) is 13.2. The van der Waals surface area contributed by atoms with E-state index in [9.17, 15) is 0 Å². The Labute approximate surface area is 138 Å². The molecular formula is C17H17N7. The molecule has 7 heteroatoms. The number of aromatic nitrogens is 6. The first-order valence-electron chi connectivity index (χ1n) is 7.90. The first-order chi connectivity index (χ1) is 11.9. The summed E-state index contributed by atoms with van der Waals surface area (Å²) in [6.07, 6.45) is 6.55. The number of H-pyrrole nitrogens is 2. The van der Waals surface area contributed by atoms with E-state index < -0.39 is 0 Å². The van der Waals surface area contributed by atoms with Gasteiger partial charge in [-0.1, -0.05) is 13.0 Å². The molecule has 4 rings (SSSR count). The Bertz CT molecular complexity index is 939. The molecule has 4 aromatic rings. The van der Waals surface area contributed by atoms with Gasteiger partial charge in [-0.3, -0.25) is 10.2 Å². The number of nitrogens with zero attached hydrogens (tertiary/aromatic N) is 4. The molecule has 1 aromatic carbocycles. The average molecular weight is 319 g/mol. The molecule has 120 valence electrons. The molecule has 24 heavy (non-hydrogen) atoms. The quantitative estimate of drug-likeness (QED) is 0.525. The van der Waals surface area contributed by atoms with Crippen LogP contribution in [-0.4, -0.2) is 37.1 Å². The minimum atomic E-state index is 0.788. The van der Waals surface area contributed by atoms with Gasteiger partial charge in [0.2, 0.25) is 0 Å². The van der Waals surface area contributed by atoms with Gasteiger partial charge < -0.3 is 5.32 Å². The summed E-state index contributed by atoms with van der Waals surface area (Å²) in [5.41, 5.74) is 4.83. The second-order valence-electron chi connectivity index (χ2n) is 5.54. The molecule has 0 unspecified atom stereocenters. The maximum atomic E-state index is 4.35. The Morgan fingerprint density at radius 2 is 1.92 bits per heavy atom. The molecule has 0 spiro atoms. The van der Waals surface area contributed by atoms with Gasteiger partial charge in [-0.2, -0.15) is 10.2 Å². The third-order valence-electron chi connectivity index (χ3n) is 3.92. The van der Waals surface area contributed by atoms with E-state index in [0.29, 0.717) is 0 Å². The average Bonchev–Trinajstić information content (AvgIpc) is 3.31. The van der Waals surface area contributed by atoms with Crippen LogP contribution in [0, 0.1) is 0 Å². The summed E-state index contributed by atoms with van der Waals surface area (Å²) in [4.78, 5) is 0. The van der Waals surface area contributed by atoms with E-state index in [2.05, 4.69) is 48.9 Å². The summed E-state index contributed by atoms with van der Waals surface area (Å²) in [6, 6.07) is 8.01. The molecule has 0 fully saturated rings. The Morgan fingerprint density at radius 1 is 1.00 bits per heavy atom. The van der Waals surface area contributed by atoms with Crippen molar-refractivity contribution in [1.29, 1.82) is 0 Å². The van der Waals surface area contributed by atoms with Crippen LogP contribution in [0.1, 0.15) is 13.3 Å². The van der Waals surface area contributed by atoms with E-state index >= 15 is 0 Å². The Hall–Kier alpha value is -3.22. The fraction of sp³-hybridized carbons (Fsp3) is 0.176. The fourth-order valence-electron chi connectivity index (χ4n) is 2.72. The van der Waals surface area contributed by atoms with Crippen LogP contribution in [0.15, 0.2) is 42.9 Å². The van der Waals surface area contributed by atoms with Crippen molar-refractivity contribution in [1.82, 2.24) is 30.6 Å². The number of rotatable bonds is 5. The lowest BCUT2D eigenvalue weighted by Crippen LogP contribution is -2.03. The van der Waals surface area contributed by atoms with Crippen molar-refractivity contribution in [3.63, 3.8) is 0 Å². The SMILES string of the molecule is CCCNc1ccc(-c2ccc(-c3cn[nH]c3)c3cn[nH]c23)nn1. The molecule has 0 amide bonds. The zero-order valence-corrected chi connectivity index (χ0v) is 13.2. The van der Waals surface area contributed by atoms with Gasteiger partial charge in [-0.15, -0.1) is 10.2 Å². The van der Waals surface area contributed by atoms with Crippen LogP contribution >= 0.6 is 0 Å². The fourth-order valence-corrected chi connectivity index (χ4v) is 2.72. The number of hydrogen-bond acceptors (Lipinski definition) is 5. The highest BCUT2D eigenvalue weighted by Gasteiger charge is 2.13. The van der Waals surface area contributed by atoms with Gasteiger partial charge in [-0.25, -0.2) is 0 Å². The van der Waals surface area contributed by atoms with Crippen LogP contribution in [0.3, 0.4) is 0 Å². The lowest BCUT2D eigenvalue weighted by Gasteiger charge is -2.07. The third-order valence-corrected chi connectivity index (χ3v) is 3.92. The lowest BCUT2D eigenvalue weighted by atomic mass is 10.0. The Balaban J connectivity index is 1.75. The van der Waals surface area contributed by atoms with Crippen LogP contribution < -0.4 is 5.32 Å². The van der Waals surface area contributed by atoms with Crippen molar-refractivity contribution in [2.24, 2.45) is 0 Å². The van der Waals surface area contributed by atoms with Crippen molar-refractivity contribution in [3.8, 4) is 22.4 Å². The van der Waals surface area contributed by atoms with Gasteiger partial charge in [0.1, 0.15) is 5.82 Å². The maximum absolute atomic E-state index is 4.35. The van der Waals surface area contributed by atoms with Gasteiger partial charge in [0.05, 0.1) is 23.6 Å². The van der Waals surface area contributed by atoms with E-state index in [0.717, 1.165) is 52.1 Å². The van der Waals surface area contributed by atoms with Crippen molar-refractivity contribution in [2.75, 3.05) is 11.9 Å². The van der Waals surface area contributed by atoms with Gasteiger partial charge in [0.25, 0.3) is 0 Å². The molecule has 0 aliphatic carbocycles. The van der Waals surface area contributed by atoms with Crippen molar-refractivity contribution < 1.29 is 0 Å². The summed E-state index contributed by atoms with van der Waals surface area (Å²) < 4.78 is 0. The highest BCUT2D eigenvalue weighted by molar-refractivity contribution is 6.01.